The Bertz CT molecular complexity index is 969. The molecule has 0 atom stereocenters. The smallest absolute Gasteiger partial charge is 0.283 e. The van der Waals surface area contributed by atoms with Crippen molar-refractivity contribution in [1.82, 2.24) is 9.55 Å². The predicted octanol–water partition coefficient (Wildman–Crippen LogP) is 4.93. The van der Waals surface area contributed by atoms with Gasteiger partial charge in [-0.05, 0) is 12.1 Å². The molecule has 2 aromatic carbocycles. The molecule has 1 heterocycles. The molecule has 0 bridgehead atoms. The summed E-state index contributed by atoms with van der Waals surface area (Å²) in [6, 6.07) is 11.3. The van der Waals surface area contributed by atoms with Crippen molar-refractivity contribution in [2.45, 2.75) is 12.7 Å². The zero-order chi connectivity index (χ0) is 17.5. The maximum atomic E-state index is 12.8. The minimum atomic E-state index is -4.57. The van der Waals surface area contributed by atoms with Crippen LogP contribution in [0.2, 0.25) is 10.0 Å². The fourth-order valence-electron chi connectivity index (χ4n) is 2.42. The van der Waals surface area contributed by atoms with E-state index in [0.717, 1.165) is 0 Å². The quantitative estimate of drug-likeness (QED) is 0.638. The van der Waals surface area contributed by atoms with E-state index in [0.29, 0.717) is 15.5 Å². The summed E-state index contributed by atoms with van der Waals surface area (Å²) >= 11 is 11.9. The molecule has 0 aliphatic rings. The van der Waals surface area contributed by atoms with Crippen LogP contribution in [0.15, 0.2) is 47.3 Å². The Balaban J connectivity index is 2.39. The highest BCUT2D eigenvalue weighted by molar-refractivity contribution is 6.42. The van der Waals surface area contributed by atoms with Gasteiger partial charge in [0.2, 0.25) is 0 Å². The van der Waals surface area contributed by atoms with Crippen molar-refractivity contribution < 1.29 is 13.2 Å². The second-order valence-corrected chi connectivity index (χ2v) is 5.91. The van der Waals surface area contributed by atoms with Gasteiger partial charge in [-0.3, -0.25) is 4.57 Å². The molecule has 0 saturated heterocycles. The van der Waals surface area contributed by atoms with Crippen LogP contribution in [0.4, 0.5) is 13.2 Å². The molecule has 0 fully saturated rings. The van der Waals surface area contributed by atoms with Gasteiger partial charge in [0.05, 0.1) is 21.3 Å². The van der Waals surface area contributed by atoms with E-state index in [-0.39, 0.29) is 21.3 Å². The van der Waals surface area contributed by atoms with Crippen LogP contribution < -0.4 is 5.69 Å². The summed E-state index contributed by atoms with van der Waals surface area (Å²) in [5.74, 6) is 0. The number of rotatable bonds is 2. The molecule has 124 valence electrons. The van der Waals surface area contributed by atoms with Crippen molar-refractivity contribution >= 4 is 34.1 Å². The molecular formula is C16H9Cl2F3N2O. The molecule has 0 aliphatic carbocycles. The number of hydrogen-bond acceptors (Lipinski definition) is 2. The van der Waals surface area contributed by atoms with Crippen molar-refractivity contribution in [1.29, 1.82) is 0 Å². The second-order valence-electron chi connectivity index (χ2n) is 5.09. The Morgan fingerprint density at radius 1 is 1.04 bits per heavy atom. The van der Waals surface area contributed by atoms with E-state index in [2.05, 4.69) is 4.98 Å². The Morgan fingerprint density at radius 3 is 2.29 bits per heavy atom. The molecule has 0 radical (unpaired) electrons. The molecule has 0 N–H and O–H groups in total. The highest BCUT2D eigenvalue weighted by Gasteiger charge is 2.30. The lowest BCUT2D eigenvalue weighted by atomic mass is 10.1. The van der Waals surface area contributed by atoms with Crippen molar-refractivity contribution in [3.8, 4) is 11.3 Å². The summed E-state index contributed by atoms with van der Waals surface area (Å²) in [4.78, 5) is 16.0. The molecule has 24 heavy (non-hydrogen) atoms. The van der Waals surface area contributed by atoms with Gasteiger partial charge in [-0.1, -0.05) is 53.5 Å². The van der Waals surface area contributed by atoms with Crippen molar-refractivity contribution in [3.63, 3.8) is 0 Å². The van der Waals surface area contributed by atoms with Crippen LogP contribution >= 0.6 is 23.2 Å². The van der Waals surface area contributed by atoms with E-state index in [4.69, 9.17) is 23.2 Å². The maximum Gasteiger partial charge on any atom is 0.406 e. The second kappa shape index (κ2) is 6.11. The molecule has 3 nitrogen and oxygen atoms in total. The van der Waals surface area contributed by atoms with Gasteiger partial charge < -0.3 is 0 Å². The Kier molecular flexibility index (Phi) is 4.27. The average Bonchev–Trinajstić information content (AvgIpc) is 2.51. The zero-order valence-corrected chi connectivity index (χ0v) is 13.5. The zero-order valence-electron chi connectivity index (χ0n) is 11.9. The van der Waals surface area contributed by atoms with E-state index in [1.807, 2.05) is 0 Å². The van der Waals surface area contributed by atoms with Crippen molar-refractivity contribution in [2.75, 3.05) is 0 Å². The predicted molar refractivity (Wildman–Crippen MR) is 87.5 cm³/mol. The molecule has 0 spiro atoms. The molecule has 1 aromatic heterocycles. The van der Waals surface area contributed by atoms with Gasteiger partial charge in [0.15, 0.2) is 0 Å². The molecule has 0 amide bonds. The van der Waals surface area contributed by atoms with E-state index in [9.17, 15) is 18.0 Å². The highest BCUT2D eigenvalue weighted by atomic mass is 35.5. The van der Waals surface area contributed by atoms with E-state index < -0.39 is 18.4 Å². The summed E-state index contributed by atoms with van der Waals surface area (Å²) in [6.07, 6.45) is -4.57. The third-order valence-corrected chi connectivity index (χ3v) is 4.13. The Labute approximate surface area is 144 Å². The fourth-order valence-corrected chi connectivity index (χ4v) is 2.74. The Hall–Kier alpha value is -2.05. The van der Waals surface area contributed by atoms with Crippen LogP contribution in [0.25, 0.3) is 22.2 Å². The summed E-state index contributed by atoms with van der Waals surface area (Å²) in [5, 5.41) is 0.546. The number of alkyl halides is 3. The lowest BCUT2D eigenvalue weighted by Gasteiger charge is -2.15. The molecule has 0 aliphatic heterocycles. The number of nitrogens with zero attached hydrogens (tertiary/aromatic N) is 2. The first-order valence-corrected chi connectivity index (χ1v) is 7.53. The first kappa shape index (κ1) is 16.8. The Morgan fingerprint density at radius 2 is 1.67 bits per heavy atom. The summed E-state index contributed by atoms with van der Waals surface area (Å²) in [5.41, 5.74) is -0.123. The summed E-state index contributed by atoms with van der Waals surface area (Å²) in [6.45, 7) is -1.46. The standard InChI is InChI=1S/C16H9Cl2F3N2O/c17-11-6-10-13(7-12(11)18)23(8-16(19,20)21)15(24)22-14(10)9-4-2-1-3-5-9/h1-7H,8H2. The lowest BCUT2D eigenvalue weighted by Crippen LogP contribution is -2.30. The van der Waals surface area contributed by atoms with Gasteiger partial charge in [-0.15, -0.1) is 0 Å². The monoisotopic (exact) mass is 372 g/mol. The number of aromatic nitrogens is 2. The number of benzene rings is 2. The normalized spacial score (nSPS) is 11.9. The molecular weight excluding hydrogens is 364 g/mol. The maximum absolute atomic E-state index is 12.8. The lowest BCUT2D eigenvalue weighted by molar-refractivity contribution is -0.140. The largest absolute Gasteiger partial charge is 0.406 e. The molecule has 0 unspecified atom stereocenters. The van der Waals surface area contributed by atoms with Crippen LogP contribution in [0.3, 0.4) is 0 Å². The van der Waals surface area contributed by atoms with Crippen LogP contribution in [0.5, 0.6) is 0 Å². The molecule has 8 heteroatoms. The van der Waals surface area contributed by atoms with Crippen LogP contribution in [-0.2, 0) is 6.54 Å². The molecule has 3 rings (SSSR count). The third kappa shape index (κ3) is 3.25. The fraction of sp³-hybridized carbons (Fsp3) is 0.125. The van der Waals surface area contributed by atoms with Gasteiger partial charge in [0, 0.05) is 10.9 Å². The van der Waals surface area contributed by atoms with Gasteiger partial charge in [-0.2, -0.15) is 18.2 Å². The third-order valence-electron chi connectivity index (χ3n) is 3.41. The average molecular weight is 373 g/mol. The van der Waals surface area contributed by atoms with E-state index >= 15 is 0 Å². The SMILES string of the molecule is O=c1nc(-c2ccccc2)c2cc(Cl)c(Cl)cc2n1CC(F)(F)F. The minimum absolute atomic E-state index is 0.0283. The van der Waals surface area contributed by atoms with E-state index in [1.165, 1.54) is 12.1 Å². The summed E-state index contributed by atoms with van der Waals surface area (Å²) < 4.78 is 39.0. The van der Waals surface area contributed by atoms with Crippen molar-refractivity contribution in [2.24, 2.45) is 0 Å². The van der Waals surface area contributed by atoms with Gasteiger partial charge in [0.1, 0.15) is 6.54 Å². The van der Waals surface area contributed by atoms with Gasteiger partial charge >= 0.3 is 11.9 Å². The first-order valence-electron chi connectivity index (χ1n) is 6.78. The molecule has 0 saturated carbocycles. The number of hydrogen-bond donors (Lipinski definition) is 0. The van der Waals surface area contributed by atoms with Crippen LogP contribution in [0.1, 0.15) is 0 Å². The van der Waals surface area contributed by atoms with Crippen LogP contribution in [0, 0.1) is 0 Å². The van der Waals surface area contributed by atoms with Gasteiger partial charge in [0.25, 0.3) is 0 Å². The minimum Gasteiger partial charge on any atom is -0.283 e. The highest BCUT2D eigenvalue weighted by Crippen LogP contribution is 2.33. The summed E-state index contributed by atoms with van der Waals surface area (Å²) in [7, 11) is 0. The van der Waals surface area contributed by atoms with Crippen molar-refractivity contribution in [3.05, 3.63) is 63.0 Å². The van der Waals surface area contributed by atoms with Gasteiger partial charge in [-0.25, -0.2) is 4.79 Å². The first-order chi connectivity index (χ1) is 11.3. The topological polar surface area (TPSA) is 34.9 Å². The number of halogens is 5. The number of fused-ring (bicyclic) bond motifs is 1. The van der Waals surface area contributed by atoms with E-state index in [1.54, 1.807) is 30.3 Å². The molecule has 3 aromatic rings. The van der Waals surface area contributed by atoms with Crippen LogP contribution in [-0.4, -0.2) is 15.7 Å².